The summed E-state index contributed by atoms with van der Waals surface area (Å²) in [6, 6.07) is 16.2. The largest absolute Gasteiger partial charge is 0.435 e. The summed E-state index contributed by atoms with van der Waals surface area (Å²) in [5.41, 5.74) is 4.06. The SMILES string of the molecule is Cc1cc(C(=O)CSc2nnc3sc4ccccc4n23)c(C)n1-c1ccc(OC(F)F)cc1. The predicted octanol–water partition coefficient (Wildman–Crippen LogP) is 5.93. The lowest BCUT2D eigenvalue weighted by molar-refractivity contribution is -0.0498. The summed E-state index contributed by atoms with van der Waals surface area (Å²) in [4.78, 5) is 13.9. The molecule has 0 aliphatic carbocycles. The minimum absolute atomic E-state index is 0.0201. The number of Topliss-reactive ketones (excluding diaryl/α,β-unsaturated/α-hetero) is 1. The average molecular weight is 485 g/mol. The molecule has 5 rings (SSSR count). The molecule has 0 unspecified atom stereocenters. The minimum Gasteiger partial charge on any atom is -0.435 e. The van der Waals surface area contributed by atoms with Crippen molar-refractivity contribution in [2.24, 2.45) is 0 Å². The summed E-state index contributed by atoms with van der Waals surface area (Å²) >= 11 is 2.92. The molecule has 5 aromatic rings. The van der Waals surface area contributed by atoms with Gasteiger partial charge in [0.2, 0.25) is 4.96 Å². The van der Waals surface area contributed by atoms with Crippen LogP contribution in [0.2, 0.25) is 0 Å². The average Bonchev–Trinajstić information content (AvgIpc) is 3.44. The summed E-state index contributed by atoms with van der Waals surface area (Å²) in [5, 5.41) is 9.18. The van der Waals surface area contributed by atoms with Crippen molar-refractivity contribution in [2.75, 3.05) is 5.75 Å². The van der Waals surface area contributed by atoms with Gasteiger partial charge in [0.15, 0.2) is 10.9 Å². The van der Waals surface area contributed by atoms with Crippen LogP contribution in [0.5, 0.6) is 5.75 Å². The number of para-hydroxylation sites is 1. The van der Waals surface area contributed by atoms with Gasteiger partial charge < -0.3 is 9.30 Å². The van der Waals surface area contributed by atoms with E-state index in [0.717, 1.165) is 32.3 Å². The van der Waals surface area contributed by atoms with Gasteiger partial charge in [-0.2, -0.15) is 8.78 Å². The van der Waals surface area contributed by atoms with Gasteiger partial charge in [-0.1, -0.05) is 35.2 Å². The number of carbonyl (C=O) groups is 1. The number of hydrogen-bond donors (Lipinski definition) is 0. The van der Waals surface area contributed by atoms with E-state index in [0.29, 0.717) is 10.7 Å². The molecule has 10 heteroatoms. The van der Waals surface area contributed by atoms with E-state index >= 15 is 0 Å². The third kappa shape index (κ3) is 4.00. The van der Waals surface area contributed by atoms with Gasteiger partial charge >= 0.3 is 6.61 Å². The fourth-order valence-corrected chi connectivity index (χ4v) is 5.73. The second-order valence-corrected chi connectivity index (χ2v) is 9.33. The Kier molecular flexibility index (Phi) is 5.63. The number of aryl methyl sites for hydroxylation is 1. The van der Waals surface area contributed by atoms with Crippen molar-refractivity contribution in [2.45, 2.75) is 25.6 Å². The summed E-state index contributed by atoms with van der Waals surface area (Å²) in [7, 11) is 0. The molecule has 0 spiro atoms. The number of carbonyl (C=O) groups excluding carboxylic acids is 1. The molecule has 3 heterocycles. The highest BCUT2D eigenvalue weighted by Crippen LogP contribution is 2.30. The van der Waals surface area contributed by atoms with E-state index in [1.807, 2.05) is 53.1 Å². The Bertz CT molecular complexity index is 1470. The molecule has 0 atom stereocenters. The van der Waals surface area contributed by atoms with Crippen molar-refractivity contribution in [3.05, 3.63) is 71.5 Å². The number of hydrogen-bond acceptors (Lipinski definition) is 6. The lowest BCUT2D eigenvalue weighted by atomic mass is 10.2. The molecule has 0 radical (unpaired) electrons. The number of nitrogens with zero attached hydrogens (tertiary/aromatic N) is 4. The first-order valence-corrected chi connectivity index (χ1v) is 11.9. The van der Waals surface area contributed by atoms with E-state index in [-0.39, 0.29) is 17.3 Å². The first-order chi connectivity index (χ1) is 15.9. The normalized spacial score (nSPS) is 11.7. The molecule has 0 saturated carbocycles. The van der Waals surface area contributed by atoms with Crippen LogP contribution in [0.1, 0.15) is 21.7 Å². The van der Waals surface area contributed by atoms with E-state index in [4.69, 9.17) is 0 Å². The maximum absolute atomic E-state index is 13.1. The zero-order valence-corrected chi connectivity index (χ0v) is 19.3. The minimum atomic E-state index is -2.87. The summed E-state index contributed by atoms with van der Waals surface area (Å²) in [5.74, 6) is 0.286. The van der Waals surface area contributed by atoms with Crippen LogP contribution >= 0.6 is 23.1 Å². The molecular formula is C23H18F2N4O2S2. The second-order valence-electron chi connectivity index (χ2n) is 7.37. The standard InChI is InChI=1S/C23H18F2N4O2S2/c1-13-11-17(14(2)28(13)15-7-9-16(10-8-15)31-21(24)25)19(30)12-32-22-26-27-23-29(22)18-5-3-4-6-20(18)33-23/h3-11,21H,12H2,1-2H3. The Morgan fingerprint density at radius 2 is 1.88 bits per heavy atom. The van der Waals surface area contributed by atoms with E-state index in [2.05, 4.69) is 14.9 Å². The maximum atomic E-state index is 13.1. The number of thioether (sulfide) groups is 1. The first-order valence-electron chi connectivity index (χ1n) is 10.0. The smallest absolute Gasteiger partial charge is 0.387 e. The number of aromatic nitrogens is 4. The van der Waals surface area contributed by atoms with Crippen LogP contribution in [0, 0.1) is 13.8 Å². The number of ether oxygens (including phenoxy) is 1. The molecule has 0 aliphatic rings. The summed E-state index contributed by atoms with van der Waals surface area (Å²) < 4.78 is 34.2. The molecule has 0 fully saturated rings. The van der Waals surface area contributed by atoms with Crippen LogP contribution in [0.25, 0.3) is 20.9 Å². The lowest BCUT2D eigenvalue weighted by Crippen LogP contribution is -2.06. The molecule has 33 heavy (non-hydrogen) atoms. The first kappa shape index (κ1) is 21.6. The number of rotatable bonds is 7. The van der Waals surface area contributed by atoms with Crippen LogP contribution < -0.4 is 4.74 Å². The van der Waals surface area contributed by atoms with E-state index < -0.39 is 6.61 Å². The summed E-state index contributed by atoms with van der Waals surface area (Å²) in [6.45, 7) is 0.905. The Morgan fingerprint density at radius 1 is 1.12 bits per heavy atom. The van der Waals surface area contributed by atoms with Crippen LogP contribution in [-0.2, 0) is 0 Å². The second kappa shape index (κ2) is 8.60. The van der Waals surface area contributed by atoms with Gasteiger partial charge in [0.05, 0.1) is 16.0 Å². The highest BCUT2D eigenvalue weighted by Gasteiger charge is 2.19. The van der Waals surface area contributed by atoms with E-state index in [1.165, 1.54) is 23.9 Å². The zero-order valence-electron chi connectivity index (χ0n) is 17.7. The molecule has 2 aromatic carbocycles. The number of alkyl halides is 2. The monoisotopic (exact) mass is 484 g/mol. The Hall–Kier alpha value is -3.24. The van der Waals surface area contributed by atoms with Crippen molar-refractivity contribution < 1.29 is 18.3 Å². The number of ketones is 1. The molecular weight excluding hydrogens is 466 g/mol. The van der Waals surface area contributed by atoms with Crippen LogP contribution in [0.4, 0.5) is 8.78 Å². The lowest BCUT2D eigenvalue weighted by Gasteiger charge is -2.11. The summed E-state index contributed by atoms with van der Waals surface area (Å²) in [6.07, 6.45) is 0. The molecule has 6 nitrogen and oxygen atoms in total. The van der Waals surface area contributed by atoms with Crippen LogP contribution in [0.15, 0.2) is 59.8 Å². The topological polar surface area (TPSA) is 61.4 Å². The number of halogens is 2. The highest BCUT2D eigenvalue weighted by atomic mass is 32.2. The van der Waals surface area contributed by atoms with Crippen LogP contribution in [0.3, 0.4) is 0 Å². The maximum Gasteiger partial charge on any atom is 0.387 e. The van der Waals surface area contributed by atoms with Crippen molar-refractivity contribution in [3.63, 3.8) is 0 Å². The molecule has 3 aromatic heterocycles. The third-order valence-electron chi connectivity index (χ3n) is 5.30. The third-order valence-corrected chi connectivity index (χ3v) is 7.24. The molecule has 0 bridgehead atoms. The van der Waals surface area contributed by atoms with Crippen LogP contribution in [-0.4, -0.2) is 37.3 Å². The van der Waals surface area contributed by atoms with E-state index in [9.17, 15) is 13.6 Å². The molecule has 0 amide bonds. The molecule has 168 valence electrons. The number of benzene rings is 2. The molecule has 0 aliphatic heterocycles. The number of thiazole rings is 1. The number of fused-ring (bicyclic) bond motifs is 3. The highest BCUT2D eigenvalue weighted by molar-refractivity contribution is 7.99. The van der Waals surface area contributed by atoms with Gasteiger partial charge in [0, 0.05) is 22.6 Å². The van der Waals surface area contributed by atoms with Gasteiger partial charge in [0.1, 0.15) is 5.75 Å². The van der Waals surface area contributed by atoms with Crippen molar-refractivity contribution in [1.82, 2.24) is 19.2 Å². The Balaban J connectivity index is 1.37. The van der Waals surface area contributed by atoms with Gasteiger partial charge in [-0.05, 0) is 56.3 Å². The fourth-order valence-electron chi connectivity index (χ4n) is 3.88. The van der Waals surface area contributed by atoms with Crippen molar-refractivity contribution in [1.29, 1.82) is 0 Å². The quantitative estimate of drug-likeness (QED) is 0.212. The van der Waals surface area contributed by atoms with Gasteiger partial charge in [0.25, 0.3) is 0 Å². The van der Waals surface area contributed by atoms with Gasteiger partial charge in [-0.15, -0.1) is 10.2 Å². The Labute approximate surface area is 195 Å². The zero-order chi connectivity index (χ0) is 23.1. The van der Waals surface area contributed by atoms with Crippen molar-refractivity contribution in [3.8, 4) is 11.4 Å². The van der Waals surface area contributed by atoms with E-state index in [1.54, 1.807) is 23.5 Å². The van der Waals surface area contributed by atoms with Gasteiger partial charge in [-0.25, -0.2) is 0 Å². The van der Waals surface area contributed by atoms with Crippen molar-refractivity contribution >= 4 is 44.1 Å². The molecule has 0 saturated heterocycles. The molecule has 0 N–H and O–H groups in total. The Morgan fingerprint density at radius 3 is 2.64 bits per heavy atom. The van der Waals surface area contributed by atoms with Gasteiger partial charge in [-0.3, -0.25) is 9.20 Å². The fraction of sp³-hybridized carbons (Fsp3) is 0.174. The predicted molar refractivity (Wildman–Crippen MR) is 125 cm³/mol.